The fourth-order valence-corrected chi connectivity index (χ4v) is 1.35. The van der Waals surface area contributed by atoms with Crippen molar-refractivity contribution in [2.75, 3.05) is 0 Å². The normalized spacial score (nSPS) is 9.93. The summed E-state index contributed by atoms with van der Waals surface area (Å²) in [6.45, 7) is 2.04. The quantitative estimate of drug-likeness (QED) is 0.825. The van der Waals surface area contributed by atoms with Gasteiger partial charge < -0.3 is 10.1 Å². The van der Waals surface area contributed by atoms with Crippen LogP contribution in [0.1, 0.15) is 23.0 Å². The molecule has 0 spiro atoms. The first kappa shape index (κ1) is 12.3. The number of fused-ring (bicyclic) bond motifs is 1. The predicted molar refractivity (Wildman–Crippen MR) is 51.9 cm³/mol. The number of aromatic nitrogens is 2. The summed E-state index contributed by atoms with van der Waals surface area (Å²) < 4.78 is 1.64. The van der Waals surface area contributed by atoms with Crippen LogP contribution in [0.15, 0.2) is 18.5 Å². The van der Waals surface area contributed by atoms with Gasteiger partial charge in [-0.3, -0.25) is 9.78 Å². The van der Waals surface area contributed by atoms with Crippen molar-refractivity contribution < 1.29 is 37.5 Å². The van der Waals surface area contributed by atoms with E-state index in [1.54, 1.807) is 10.6 Å². The number of carbonyl (C=O) groups is 1. The molecule has 4 nitrogen and oxygen atoms in total. The van der Waals surface area contributed by atoms with Crippen LogP contribution < -0.4 is 5.73 Å². The molecule has 0 bridgehead atoms. The van der Waals surface area contributed by atoms with Crippen LogP contribution >= 0.6 is 0 Å². The van der Waals surface area contributed by atoms with E-state index in [9.17, 15) is 4.79 Å². The molecular formula is C10H10N3OY-. The minimum atomic E-state index is -0.477. The molecule has 2 aromatic rings. The van der Waals surface area contributed by atoms with Crippen LogP contribution in [0.5, 0.6) is 0 Å². The minimum Gasteiger partial charge on any atom is -0.364 e. The summed E-state index contributed by atoms with van der Waals surface area (Å²) in [7, 11) is 0. The first-order chi connectivity index (χ1) is 6.72. The maximum atomic E-state index is 11.0. The second-order valence-corrected chi connectivity index (χ2v) is 3.03. The van der Waals surface area contributed by atoms with E-state index in [-0.39, 0.29) is 32.7 Å². The van der Waals surface area contributed by atoms with Crippen molar-refractivity contribution in [1.29, 1.82) is 0 Å². The van der Waals surface area contributed by atoms with Crippen molar-refractivity contribution in [1.82, 2.24) is 9.38 Å². The van der Waals surface area contributed by atoms with Crippen LogP contribution in [0.3, 0.4) is 0 Å². The average Bonchev–Trinajstić information content (AvgIpc) is 2.59. The van der Waals surface area contributed by atoms with Crippen molar-refractivity contribution in [3.8, 4) is 0 Å². The number of imidazole rings is 1. The smallest absolute Gasteiger partial charge is 0.267 e. The van der Waals surface area contributed by atoms with Crippen LogP contribution in [0.2, 0.25) is 0 Å². The molecule has 0 atom stereocenters. The Labute approximate surface area is 113 Å². The SMILES string of the molecule is CCc1[c-]cn2c(C(N)=O)cnc2c1.[Y]. The van der Waals surface area contributed by atoms with Gasteiger partial charge in [0.1, 0.15) is 5.69 Å². The van der Waals surface area contributed by atoms with Gasteiger partial charge in [-0.25, -0.2) is 11.6 Å². The summed E-state index contributed by atoms with van der Waals surface area (Å²) >= 11 is 0. The summed E-state index contributed by atoms with van der Waals surface area (Å²) in [4.78, 5) is 15.1. The Balaban J connectivity index is 0.00000112. The van der Waals surface area contributed by atoms with E-state index in [0.29, 0.717) is 5.69 Å². The van der Waals surface area contributed by atoms with Gasteiger partial charge in [0.2, 0.25) is 0 Å². The molecular weight excluding hydrogens is 267 g/mol. The monoisotopic (exact) mass is 277 g/mol. The number of aryl methyl sites for hydroxylation is 1. The van der Waals surface area contributed by atoms with Crippen molar-refractivity contribution >= 4 is 11.6 Å². The average molecular weight is 277 g/mol. The zero-order valence-corrected chi connectivity index (χ0v) is 11.2. The molecule has 2 rings (SSSR count). The van der Waals surface area contributed by atoms with E-state index < -0.39 is 5.91 Å². The van der Waals surface area contributed by atoms with Gasteiger partial charge in [0, 0.05) is 32.7 Å². The van der Waals surface area contributed by atoms with Gasteiger partial charge in [0.25, 0.3) is 5.91 Å². The van der Waals surface area contributed by atoms with Gasteiger partial charge in [-0.1, -0.05) is 19.5 Å². The molecule has 0 aromatic carbocycles. The molecule has 0 aliphatic carbocycles. The van der Waals surface area contributed by atoms with Crippen LogP contribution in [-0.2, 0) is 39.1 Å². The molecule has 1 radical (unpaired) electrons. The van der Waals surface area contributed by atoms with Crippen molar-refractivity contribution in [3.63, 3.8) is 0 Å². The van der Waals surface area contributed by atoms with Crippen molar-refractivity contribution in [2.45, 2.75) is 13.3 Å². The number of pyridine rings is 1. The van der Waals surface area contributed by atoms with Gasteiger partial charge in [-0.05, 0) is 0 Å². The van der Waals surface area contributed by atoms with E-state index in [0.717, 1.165) is 17.6 Å². The van der Waals surface area contributed by atoms with Crippen molar-refractivity contribution in [3.05, 3.63) is 35.8 Å². The Kier molecular flexibility index (Phi) is 3.99. The summed E-state index contributed by atoms with van der Waals surface area (Å²) in [6.07, 6.45) is 4.07. The third-order valence-electron chi connectivity index (χ3n) is 2.14. The maximum Gasteiger partial charge on any atom is 0.267 e. The molecule has 2 N–H and O–H groups in total. The van der Waals surface area contributed by atoms with E-state index in [2.05, 4.69) is 11.1 Å². The van der Waals surface area contributed by atoms with E-state index in [1.807, 2.05) is 13.0 Å². The Morgan fingerprint density at radius 3 is 3.00 bits per heavy atom. The second kappa shape index (κ2) is 4.86. The molecule has 0 saturated heterocycles. The fourth-order valence-electron chi connectivity index (χ4n) is 1.35. The van der Waals surface area contributed by atoms with Gasteiger partial charge >= 0.3 is 0 Å². The van der Waals surface area contributed by atoms with Gasteiger partial charge in [-0.15, -0.1) is 0 Å². The number of carbonyl (C=O) groups excluding carboxylic acids is 1. The molecule has 0 unspecified atom stereocenters. The molecule has 2 heterocycles. The standard InChI is InChI=1S/C10H10N3O.Y/c1-2-7-3-4-13-8(10(11)14)6-12-9(13)5-7;/h4-6H,2H2,1H3,(H2,11,14);/q-1;. The molecule has 75 valence electrons. The Morgan fingerprint density at radius 2 is 2.40 bits per heavy atom. The molecule has 0 aliphatic rings. The fraction of sp³-hybridized carbons (Fsp3) is 0.200. The molecule has 2 aromatic heterocycles. The summed E-state index contributed by atoms with van der Waals surface area (Å²) in [5.74, 6) is -0.477. The van der Waals surface area contributed by atoms with Gasteiger partial charge in [0.05, 0.1) is 11.8 Å². The number of hydrogen-bond acceptors (Lipinski definition) is 2. The molecule has 0 aliphatic heterocycles. The van der Waals surface area contributed by atoms with Crippen LogP contribution in [0, 0.1) is 6.07 Å². The minimum absolute atomic E-state index is 0. The zero-order chi connectivity index (χ0) is 10.1. The van der Waals surface area contributed by atoms with Crippen molar-refractivity contribution in [2.24, 2.45) is 5.73 Å². The summed E-state index contributed by atoms with van der Waals surface area (Å²) in [6, 6.07) is 4.95. The zero-order valence-electron chi connectivity index (χ0n) is 8.40. The molecule has 0 fully saturated rings. The van der Waals surface area contributed by atoms with Gasteiger partial charge in [-0.2, -0.15) is 6.07 Å². The maximum absolute atomic E-state index is 11.0. The molecule has 5 heteroatoms. The first-order valence-corrected chi connectivity index (χ1v) is 4.40. The van der Waals surface area contributed by atoms with E-state index in [1.165, 1.54) is 6.20 Å². The largest absolute Gasteiger partial charge is 0.364 e. The first-order valence-electron chi connectivity index (χ1n) is 4.40. The molecule has 1 amide bonds. The summed E-state index contributed by atoms with van der Waals surface area (Å²) in [5.41, 5.74) is 7.37. The topological polar surface area (TPSA) is 60.4 Å². The third-order valence-corrected chi connectivity index (χ3v) is 2.14. The van der Waals surface area contributed by atoms with E-state index in [4.69, 9.17) is 5.73 Å². The molecule has 15 heavy (non-hydrogen) atoms. The Morgan fingerprint density at radius 1 is 1.67 bits per heavy atom. The number of rotatable bonds is 2. The number of amides is 1. The predicted octanol–water partition coefficient (Wildman–Crippen LogP) is 0.793. The number of nitrogens with zero attached hydrogens (tertiary/aromatic N) is 2. The van der Waals surface area contributed by atoms with E-state index >= 15 is 0 Å². The summed E-state index contributed by atoms with van der Waals surface area (Å²) in [5, 5.41) is 0. The van der Waals surface area contributed by atoms with Crippen LogP contribution in [0.4, 0.5) is 0 Å². The van der Waals surface area contributed by atoms with Crippen LogP contribution in [-0.4, -0.2) is 15.3 Å². The number of nitrogens with two attached hydrogens (primary N) is 1. The second-order valence-electron chi connectivity index (χ2n) is 3.03. The number of hydrogen-bond donors (Lipinski definition) is 1. The Bertz CT molecular complexity index is 492. The van der Waals surface area contributed by atoms with Gasteiger partial charge in [0.15, 0.2) is 0 Å². The van der Waals surface area contributed by atoms with Crippen LogP contribution in [0.25, 0.3) is 5.65 Å². The third kappa shape index (κ3) is 2.26. The molecule has 0 saturated carbocycles. The Hall–Kier alpha value is -0.736. The number of primary amides is 1.